The highest BCUT2D eigenvalue weighted by Crippen LogP contribution is 2.16. The highest BCUT2D eigenvalue weighted by molar-refractivity contribution is 5.71. The number of rotatable bonds is 61. The fourth-order valence-corrected chi connectivity index (χ4v) is 9.43. The van der Waals surface area contributed by atoms with Crippen molar-refractivity contribution in [2.75, 3.05) is 13.2 Å². The Bertz CT molecular complexity index is 1540. The third-order valence-electron chi connectivity index (χ3n) is 14.5. The van der Waals surface area contributed by atoms with Crippen LogP contribution in [0.3, 0.4) is 0 Å². The Morgan fingerprint density at radius 1 is 0.253 bits per heavy atom. The van der Waals surface area contributed by atoms with Crippen LogP contribution < -0.4 is 0 Å². The summed E-state index contributed by atoms with van der Waals surface area (Å²) in [4.78, 5) is 38.4. The molecule has 0 N–H and O–H groups in total. The molecule has 0 aliphatic rings. The quantitative estimate of drug-likeness (QED) is 0.0261. The second kappa shape index (κ2) is 66.8. The number of esters is 3. The van der Waals surface area contributed by atoms with Crippen molar-refractivity contribution in [1.29, 1.82) is 0 Å². The number of unbranched alkanes of at least 4 members (excludes halogenated alkanes) is 34. The van der Waals surface area contributed by atoms with Gasteiger partial charge in [0.15, 0.2) is 6.10 Å². The highest BCUT2D eigenvalue weighted by Gasteiger charge is 2.19. The van der Waals surface area contributed by atoms with E-state index in [0.717, 1.165) is 109 Å². The van der Waals surface area contributed by atoms with E-state index < -0.39 is 6.10 Å². The third-order valence-corrected chi connectivity index (χ3v) is 14.5. The van der Waals surface area contributed by atoms with Crippen LogP contribution in [-0.2, 0) is 28.6 Å². The first-order chi connectivity index (χ1) is 39.0. The Labute approximate surface area is 489 Å². The van der Waals surface area contributed by atoms with Gasteiger partial charge in [0.05, 0.1) is 0 Å². The largest absolute Gasteiger partial charge is 0.462 e. The molecule has 0 saturated heterocycles. The van der Waals surface area contributed by atoms with E-state index in [1.165, 1.54) is 180 Å². The fourth-order valence-electron chi connectivity index (χ4n) is 9.43. The van der Waals surface area contributed by atoms with Crippen LogP contribution in [0.1, 0.15) is 329 Å². The van der Waals surface area contributed by atoms with E-state index in [1.807, 2.05) is 0 Å². The van der Waals surface area contributed by atoms with Gasteiger partial charge in [-0.05, 0) is 128 Å². The summed E-state index contributed by atoms with van der Waals surface area (Å²) >= 11 is 0. The molecule has 1 unspecified atom stereocenters. The maximum Gasteiger partial charge on any atom is 0.306 e. The molecule has 0 aliphatic heterocycles. The molecule has 454 valence electrons. The van der Waals surface area contributed by atoms with Gasteiger partial charge in [-0.1, -0.05) is 279 Å². The third kappa shape index (κ3) is 65.0. The van der Waals surface area contributed by atoms with Crippen LogP contribution in [0.15, 0.2) is 97.2 Å². The number of allylic oxidation sites excluding steroid dienone is 16. The minimum atomic E-state index is -0.793. The zero-order valence-corrected chi connectivity index (χ0v) is 52.1. The molecule has 0 fully saturated rings. The summed E-state index contributed by atoms with van der Waals surface area (Å²) in [6.07, 6.45) is 89.8. The molecular weight excluding hydrogens is 973 g/mol. The van der Waals surface area contributed by atoms with Crippen LogP contribution in [0.4, 0.5) is 0 Å². The first kappa shape index (κ1) is 75.3. The number of hydrogen-bond acceptors (Lipinski definition) is 6. The monoisotopic (exact) mass is 1100 g/mol. The molecule has 0 aliphatic carbocycles. The van der Waals surface area contributed by atoms with Gasteiger partial charge < -0.3 is 14.2 Å². The SMILES string of the molecule is CCCCC/C=C\C/C=C\C/C=C\CCCCCCCCC(=O)OC(COC(=O)CCCCCCCCC/C=C\C/C=C\CCCCC)COC(=O)CCCCCCCCCCCC/C=C\C/C=C\C/C=C\CCCCCCC. The summed E-state index contributed by atoms with van der Waals surface area (Å²) < 4.78 is 17.0. The lowest BCUT2D eigenvalue weighted by Gasteiger charge is -2.18. The average Bonchev–Trinajstić information content (AvgIpc) is 3.45. The summed E-state index contributed by atoms with van der Waals surface area (Å²) in [5.41, 5.74) is 0. The summed E-state index contributed by atoms with van der Waals surface area (Å²) in [6, 6.07) is 0. The Hall–Kier alpha value is -3.67. The molecule has 6 nitrogen and oxygen atoms in total. The first-order valence-electron chi connectivity index (χ1n) is 33.7. The Morgan fingerprint density at radius 3 is 0.734 bits per heavy atom. The number of carbonyl (C=O) groups excluding carboxylic acids is 3. The van der Waals surface area contributed by atoms with Crippen LogP contribution in [0.2, 0.25) is 0 Å². The fraction of sp³-hybridized carbons (Fsp3) is 0.740. The lowest BCUT2D eigenvalue weighted by Crippen LogP contribution is -2.30. The van der Waals surface area contributed by atoms with Gasteiger partial charge in [-0.2, -0.15) is 0 Å². The molecule has 0 saturated carbocycles. The molecule has 0 amide bonds. The molecule has 6 heteroatoms. The predicted molar refractivity (Wildman–Crippen MR) is 344 cm³/mol. The summed E-state index contributed by atoms with van der Waals surface area (Å²) in [5, 5.41) is 0. The van der Waals surface area contributed by atoms with Crippen molar-refractivity contribution in [2.24, 2.45) is 0 Å². The lowest BCUT2D eigenvalue weighted by atomic mass is 10.1. The van der Waals surface area contributed by atoms with Crippen molar-refractivity contribution in [1.82, 2.24) is 0 Å². The van der Waals surface area contributed by atoms with Crippen LogP contribution in [0.25, 0.3) is 0 Å². The smallest absolute Gasteiger partial charge is 0.306 e. The van der Waals surface area contributed by atoms with Crippen molar-refractivity contribution < 1.29 is 28.6 Å². The summed E-state index contributed by atoms with van der Waals surface area (Å²) in [6.45, 7) is 6.59. The minimum absolute atomic E-state index is 0.0871. The zero-order valence-electron chi connectivity index (χ0n) is 52.1. The molecule has 0 radical (unpaired) electrons. The molecule has 0 bridgehead atoms. The summed E-state index contributed by atoms with van der Waals surface area (Å²) in [5.74, 6) is -0.899. The van der Waals surface area contributed by atoms with Gasteiger partial charge in [0.25, 0.3) is 0 Å². The topological polar surface area (TPSA) is 78.9 Å². The molecule has 0 heterocycles. The van der Waals surface area contributed by atoms with Crippen molar-refractivity contribution in [2.45, 2.75) is 335 Å². The Morgan fingerprint density at radius 2 is 0.456 bits per heavy atom. The van der Waals surface area contributed by atoms with Gasteiger partial charge in [0.2, 0.25) is 0 Å². The van der Waals surface area contributed by atoms with Crippen LogP contribution in [0.5, 0.6) is 0 Å². The minimum Gasteiger partial charge on any atom is -0.462 e. The maximum atomic E-state index is 12.9. The number of hydrogen-bond donors (Lipinski definition) is 0. The molecule has 0 rings (SSSR count). The Kier molecular flexibility index (Phi) is 63.7. The van der Waals surface area contributed by atoms with E-state index in [-0.39, 0.29) is 31.1 Å². The van der Waals surface area contributed by atoms with Crippen LogP contribution in [-0.4, -0.2) is 37.2 Å². The van der Waals surface area contributed by atoms with E-state index in [2.05, 4.69) is 118 Å². The standard InChI is InChI=1S/C73H126O6/c1-4-7-10-13-16-19-22-25-28-31-33-34-35-36-37-38-40-42-45-48-51-54-57-60-63-66-72(75)78-69-70(68-77-71(74)65-62-59-56-53-50-47-44-41-30-27-24-21-18-15-12-9-6-3)79-73(76)67-64-61-58-55-52-49-46-43-39-32-29-26-23-20-17-14-11-8-5-2/h17-18,20-22,25-27,29-31,33,35-36,39,43,70H,4-16,19,23-24,28,32,34,37-38,40-42,44-69H2,1-3H3/b20-17-,21-18-,25-22-,29-26-,30-27-,33-31-,36-35-,43-39-. The second-order valence-corrected chi connectivity index (χ2v) is 22.4. The predicted octanol–water partition coefficient (Wildman–Crippen LogP) is 23.2. The zero-order chi connectivity index (χ0) is 57.1. The molecular formula is C73H126O6. The van der Waals surface area contributed by atoms with Gasteiger partial charge >= 0.3 is 17.9 Å². The van der Waals surface area contributed by atoms with E-state index in [0.29, 0.717) is 19.3 Å². The Balaban J connectivity index is 4.39. The number of ether oxygens (including phenoxy) is 3. The molecule has 79 heavy (non-hydrogen) atoms. The molecule has 0 aromatic carbocycles. The van der Waals surface area contributed by atoms with E-state index >= 15 is 0 Å². The van der Waals surface area contributed by atoms with Crippen LogP contribution in [0, 0.1) is 0 Å². The van der Waals surface area contributed by atoms with Crippen molar-refractivity contribution in [3.05, 3.63) is 97.2 Å². The average molecular weight is 1100 g/mol. The van der Waals surface area contributed by atoms with Crippen molar-refractivity contribution >= 4 is 17.9 Å². The van der Waals surface area contributed by atoms with Gasteiger partial charge in [-0.3, -0.25) is 14.4 Å². The molecule has 0 aromatic heterocycles. The molecule has 0 aromatic rings. The van der Waals surface area contributed by atoms with Gasteiger partial charge in [-0.25, -0.2) is 0 Å². The normalized spacial score (nSPS) is 12.7. The van der Waals surface area contributed by atoms with Gasteiger partial charge in [-0.15, -0.1) is 0 Å². The highest BCUT2D eigenvalue weighted by atomic mass is 16.6. The van der Waals surface area contributed by atoms with E-state index in [1.54, 1.807) is 0 Å². The second-order valence-electron chi connectivity index (χ2n) is 22.4. The van der Waals surface area contributed by atoms with E-state index in [4.69, 9.17) is 14.2 Å². The van der Waals surface area contributed by atoms with Crippen LogP contribution >= 0.6 is 0 Å². The van der Waals surface area contributed by atoms with Crippen molar-refractivity contribution in [3.63, 3.8) is 0 Å². The van der Waals surface area contributed by atoms with E-state index in [9.17, 15) is 14.4 Å². The first-order valence-corrected chi connectivity index (χ1v) is 33.7. The molecule has 1 atom stereocenters. The van der Waals surface area contributed by atoms with Gasteiger partial charge in [0, 0.05) is 19.3 Å². The van der Waals surface area contributed by atoms with Gasteiger partial charge in [0.1, 0.15) is 13.2 Å². The molecule has 0 spiro atoms. The number of carbonyl (C=O) groups is 3. The summed E-state index contributed by atoms with van der Waals surface area (Å²) in [7, 11) is 0. The van der Waals surface area contributed by atoms with Crippen molar-refractivity contribution in [3.8, 4) is 0 Å². The maximum absolute atomic E-state index is 12.9. The lowest BCUT2D eigenvalue weighted by molar-refractivity contribution is -0.167.